The summed E-state index contributed by atoms with van der Waals surface area (Å²) in [7, 11) is 0. The van der Waals surface area contributed by atoms with Crippen LogP contribution in [0.15, 0.2) is 30.3 Å². The minimum atomic E-state index is -0.844. The maximum atomic E-state index is 11.6. The third-order valence-corrected chi connectivity index (χ3v) is 3.45. The van der Waals surface area contributed by atoms with Crippen LogP contribution in [0.25, 0.3) is 0 Å². The Morgan fingerprint density at radius 1 is 1.33 bits per heavy atom. The first-order valence-corrected chi connectivity index (χ1v) is 5.88. The fourth-order valence-corrected chi connectivity index (χ4v) is 2.06. The fraction of sp³-hybridized carbons (Fsp3) is 0.273. The van der Waals surface area contributed by atoms with Gasteiger partial charge in [-0.2, -0.15) is 0 Å². The number of benzene rings is 1. The minimum absolute atomic E-state index is 0.0312. The van der Waals surface area contributed by atoms with Crippen molar-refractivity contribution in [1.29, 1.82) is 0 Å². The molecule has 1 aromatic carbocycles. The molecule has 0 fully saturated rings. The SMILES string of the molecule is C[C@H](C[SH2]C(=O)c1ccccc1)C(=O)O. The molecule has 0 unspecified atom stereocenters. The molecule has 1 atom stereocenters. The molecule has 1 rings (SSSR count). The third kappa shape index (κ3) is 3.75. The van der Waals surface area contributed by atoms with Gasteiger partial charge >= 0.3 is 5.97 Å². The van der Waals surface area contributed by atoms with Gasteiger partial charge in [-0.15, -0.1) is 0 Å². The highest BCUT2D eigenvalue weighted by atomic mass is 32.2. The molecule has 0 radical (unpaired) electrons. The van der Waals surface area contributed by atoms with E-state index >= 15 is 0 Å². The molecule has 1 aromatic rings. The number of carbonyl (C=O) groups excluding carboxylic acids is 1. The van der Waals surface area contributed by atoms with Gasteiger partial charge < -0.3 is 5.11 Å². The van der Waals surface area contributed by atoms with Crippen molar-refractivity contribution in [2.75, 3.05) is 5.75 Å². The van der Waals surface area contributed by atoms with E-state index < -0.39 is 11.9 Å². The Balaban J connectivity index is 2.47. The molecule has 0 aliphatic rings. The summed E-state index contributed by atoms with van der Waals surface area (Å²) in [5.74, 6) is -0.873. The topological polar surface area (TPSA) is 54.4 Å². The minimum Gasteiger partial charge on any atom is -0.481 e. The molecule has 0 aromatic heterocycles. The van der Waals surface area contributed by atoms with Crippen LogP contribution in [0.1, 0.15) is 17.3 Å². The van der Waals surface area contributed by atoms with Crippen molar-refractivity contribution in [3.05, 3.63) is 35.9 Å². The average molecular weight is 226 g/mol. The van der Waals surface area contributed by atoms with Crippen molar-refractivity contribution in [3.63, 3.8) is 0 Å². The Morgan fingerprint density at radius 3 is 2.47 bits per heavy atom. The molecule has 4 heteroatoms. The Bertz CT molecular complexity index is 348. The number of rotatable bonds is 4. The molecule has 0 saturated heterocycles. The quantitative estimate of drug-likeness (QED) is 0.851. The zero-order valence-corrected chi connectivity index (χ0v) is 9.43. The summed E-state index contributed by atoms with van der Waals surface area (Å²) in [6.07, 6.45) is 0. The Hall–Kier alpha value is -1.29. The van der Waals surface area contributed by atoms with Crippen LogP contribution in [0.2, 0.25) is 0 Å². The standard InChI is InChI=1S/C11H14O3S/c1-8(10(12)13)7-15-11(14)9-5-3-2-4-6-9/h2-6,8H,7,15H2,1H3,(H,12,13)/t8-/m1/s1. The van der Waals surface area contributed by atoms with Gasteiger partial charge in [0, 0.05) is 5.56 Å². The molecule has 0 heterocycles. The average Bonchev–Trinajstić information content (AvgIpc) is 2.26. The summed E-state index contributed by atoms with van der Waals surface area (Å²) in [6, 6.07) is 8.96. The van der Waals surface area contributed by atoms with E-state index in [4.69, 9.17) is 5.11 Å². The van der Waals surface area contributed by atoms with E-state index in [-0.39, 0.29) is 16.9 Å². The molecular formula is C11H14O3S. The first-order chi connectivity index (χ1) is 7.11. The normalized spacial score (nSPS) is 13.4. The molecule has 3 nitrogen and oxygen atoms in total. The van der Waals surface area contributed by atoms with Gasteiger partial charge in [0.1, 0.15) is 0 Å². The molecule has 0 saturated carbocycles. The lowest BCUT2D eigenvalue weighted by atomic mass is 10.2. The number of carboxylic acids is 1. The van der Waals surface area contributed by atoms with Crippen LogP contribution in [0.5, 0.6) is 0 Å². The number of carbonyl (C=O) groups is 2. The van der Waals surface area contributed by atoms with Gasteiger partial charge in [-0.3, -0.25) is 9.59 Å². The van der Waals surface area contributed by atoms with Crippen LogP contribution >= 0.6 is 11.8 Å². The Morgan fingerprint density at radius 2 is 1.93 bits per heavy atom. The lowest BCUT2D eigenvalue weighted by Gasteiger charge is -2.06. The number of hydrogen-bond donors (Lipinski definition) is 1. The molecule has 1 N–H and O–H groups in total. The molecule has 15 heavy (non-hydrogen) atoms. The summed E-state index contributed by atoms with van der Waals surface area (Å²) in [4.78, 5) is 22.1. The van der Waals surface area contributed by atoms with Crippen molar-refractivity contribution in [2.45, 2.75) is 6.92 Å². The van der Waals surface area contributed by atoms with Crippen molar-refractivity contribution < 1.29 is 14.7 Å². The fourth-order valence-electron chi connectivity index (χ4n) is 1.02. The lowest BCUT2D eigenvalue weighted by Crippen LogP contribution is -2.13. The first kappa shape index (κ1) is 11.8. The molecule has 82 valence electrons. The van der Waals surface area contributed by atoms with Gasteiger partial charge in [0.05, 0.1) is 5.92 Å². The zero-order chi connectivity index (χ0) is 11.3. The van der Waals surface area contributed by atoms with Gasteiger partial charge in [0.2, 0.25) is 0 Å². The zero-order valence-electron chi connectivity index (χ0n) is 8.43. The van der Waals surface area contributed by atoms with Gasteiger partial charge in [0.15, 0.2) is 5.12 Å². The van der Waals surface area contributed by atoms with Crippen molar-refractivity contribution in [3.8, 4) is 0 Å². The van der Waals surface area contributed by atoms with Gasteiger partial charge in [-0.1, -0.05) is 37.3 Å². The van der Waals surface area contributed by atoms with Crippen molar-refractivity contribution in [1.82, 2.24) is 0 Å². The van der Waals surface area contributed by atoms with Crippen LogP contribution in [0.3, 0.4) is 0 Å². The maximum Gasteiger partial charge on any atom is 0.306 e. The maximum absolute atomic E-state index is 11.6. The second-order valence-corrected chi connectivity index (χ2v) is 4.53. The summed E-state index contributed by atoms with van der Waals surface area (Å²) >= 11 is 0.0368. The van der Waals surface area contributed by atoms with Gasteiger partial charge in [-0.05, 0) is 5.75 Å². The van der Waals surface area contributed by atoms with Crippen LogP contribution in [-0.4, -0.2) is 21.9 Å². The molecule has 0 spiro atoms. The van der Waals surface area contributed by atoms with Crippen molar-refractivity contribution >= 4 is 22.8 Å². The van der Waals surface area contributed by atoms with Gasteiger partial charge in [0.25, 0.3) is 0 Å². The van der Waals surface area contributed by atoms with E-state index in [1.54, 1.807) is 31.2 Å². The lowest BCUT2D eigenvalue weighted by molar-refractivity contribution is -0.140. The summed E-state index contributed by atoms with van der Waals surface area (Å²) < 4.78 is 0. The molecule has 0 bridgehead atoms. The molecule has 0 aliphatic heterocycles. The summed E-state index contributed by atoms with van der Waals surface area (Å²) in [5.41, 5.74) is 0.661. The second kappa shape index (κ2) is 5.56. The highest BCUT2D eigenvalue weighted by Gasteiger charge is 2.12. The van der Waals surface area contributed by atoms with Crippen LogP contribution < -0.4 is 0 Å². The van der Waals surface area contributed by atoms with E-state index in [9.17, 15) is 9.59 Å². The highest BCUT2D eigenvalue weighted by molar-refractivity contribution is 8.14. The first-order valence-electron chi connectivity index (χ1n) is 4.67. The Kier molecular flexibility index (Phi) is 4.37. The van der Waals surface area contributed by atoms with E-state index in [1.807, 2.05) is 6.07 Å². The Labute approximate surface area is 92.5 Å². The predicted octanol–water partition coefficient (Wildman–Crippen LogP) is 1.75. The van der Waals surface area contributed by atoms with Crippen molar-refractivity contribution in [2.24, 2.45) is 5.92 Å². The number of carboxylic acid groups (broad SMARTS) is 1. The van der Waals surface area contributed by atoms with E-state index in [0.717, 1.165) is 0 Å². The number of hydrogen-bond acceptors (Lipinski definition) is 2. The summed E-state index contributed by atoms with van der Waals surface area (Å²) in [6.45, 7) is 1.62. The molecular weight excluding hydrogens is 212 g/mol. The second-order valence-electron chi connectivity index (χ2n) is 3.32. The predicted molar refractivity (Wildman–Crippen MR) is 62.8 cm³/mol. The van der Waals surface area contributed by atoms with Gasteiger partial charge in [-0.25, -0.2) is 11.8 Å². The highest BCUT2D eigenvalue weighted by Crippen LogP contribution is 2.15. The van der Waals surface area contributed by atoms with E-state index in [0.29, 0.717) is 11.3 Å². The van der Waals surface area contributed by atoms with Crippen LogP contribution in [0, 0.1) is 5.92 Å². The third-order valence-electron chi connectivity index (χ3n) is 2.03. The smallest absolute Gasteiger partial charge is 0.306 e. The molecule has 0 amide bonds. The summed E-state index contributed by atoms with van der Waals surface area (Å²) in [5, 5.41) is 8.69. The molecule has 0 aliphatic carbocycles. The van der Waals surface area contributed by atoms with E-state index in [2.05, 4.69) is 0 Å². The largest absolute Gasteiger partial charge is 0.481 e. The number of aliphatic carboxylic acids is 1. The van der Waals surface area contributed by atoms with Crippen LogP contribution in [0.4, 0.5) is 0 Å². The monoisotopic (exact) mass is 226 g/mol. The van der Waals surface area contributed by atoms with E-state index in [1.165, 1.54) is 0 Å². The van der Waals surface area contributed by atoms with Crippen LogP contribution in [-0.2, 0) is 4.79 Å².